The molecule has 0 aromatic rings. The lowest BCUT2D eigenvalue weighted by molar-refractivity contribution is -0.173. The summed E-state index contributed by atoms with van der Waals surface area (Å²) in [5.41, 5.74) is -1.73. The molecule has 40 heavy (non-hydrogen) atoms. The summed E-state index contributed by atoms with van der Waals surface area (Å²) in [6.07, 6.45) is 8.30. The number of hydrogen-bond acceptors (Lipinski definition) is 8. The van der Waals surface area contributed by atoms with Crippen LogP contribution in [0.25, 0.3) is 0 Å². The molecule has 4 amide bonds. The maximum absolute atomic E-state index is 13.4. The molecule has 8 rings (SSSR count). The van der Waals surface area contributed by atoms with Gasteiger partial charge >= 0.3 is 11.9 Å². The van der Waals surface area contributed by atoms with Crippen LogP contribution in [0.1, 0.15) is 77.0 Å². The quantitative estimate of drug-likeness (QED) is 0.241. The van der Waals surface area contributed by atoms with Crippen molar-refractivity contribution in [3.63, 3.8) is 0 Å². The first kappa shape index (κ1) is 27.4. The van der Waals surface area contributed by atoms with E-state index in [-0.39, 0.29) is 47.4 Å². The zero-order valence-electron chi connectivity index (χ0n) is 23.5. The van der Waals surface area contributed by atoms with Gasteiger partial charge in [0.15, 0.2) is 0 Å². The normalized spacial score (nSPS) is 39.5. The van der Waals surface area contributed by atoms with E-state index in [4.69, 9.17) is 9.47 Å². The van der Waals surface area contributed by atoms with Crippen LogP contribution >= 0.6 is 0 Å². The molecule has 0 radical (unpaired) electrons. The maximum atomic E-state index is 13.4. The molecule has 0 aromatic heterocycles. The van der Waals surface area contributed by atoms with Crippen molar-refractivity contribution < 1.29 is 38.2 Å². The van der Waals surface area contributed by atoms with E-state index in [0.29, 0.717) is 51.6 Å². The van der Waals surface area contributed by atoms with Crippen molar-refractivity contribution in [2.75, 3.05) is 27.3 Å². The van der Waals surface area contributed by atoms with Crippen molar-refractivity contribution in [1.82, 2.24) is 9.80 Å². The van der Waals surface area contributed by atoms with E-state index in [1.807, 2.05) is 0 Å². The van der Waals surface area contributed by atoms with E-state index in [0.717, 1.165) is 38.5 Å². The third-order valence-corrected chi connectivity index (χ3v) is 11.6. The summed E-state index contributed by atoms with van der Waals surface area (Å²) in [4.78, 5) is 81.6. The molecular formula is C30H40N2O8. The van der Waals surface area contributed by atoms with E-state index < -0.39 is 34.5 Å². The highest BCUT2D eigenvalue weighted by atomic mass is 16.5. The van der Waals surface area contributed by atoms with Crippen molar-refractivity contribution in [1.29, 1.82) is 0 Å². The van der Waals surface area contributed by atoms with Crippen molar-refractivity contribution in [3.05, 3.63) is 0 Å². The Balaban J connectivity index is 1.02. The molecule has 0 N–H and O–H groups in total. The number of unbranched alkanes of at least 4 members (excludes halogenated alkanes) is 3. The Kier molecular flexibility index (Phi) is 6.81. The SMILES string of the molecule is COC(=O)C12CCC(CC1)[C@@H]1C(=O)N(CCCCCCN3C(=O)[C@H]4C5CCC(C(=O)OC)(CC5)[C@H]4C3=O)C(=O)[C@@H]12. The van der Waals surface area contributed by atoms with Crippen LogP contribution in [0.3, 0.4) is 0 Å². The van der Waals surface area contributed by atoms with Gasteiger partial charge in [0.05, 0.1) is 48.7 Å². The number of nitrogens with zero attached hydrogens (tertiary/aromatic N) is 2. The van der Waals surface area contributed by atoms with Crippen LogP contribution in [0.5, 0.6) is 0 Å². The first-order chi connectivity index (χ1) is 19.2. The van der Waals surface area contributed by atoms with Crippen LogP contribution in [0.2, 0.25) is 0 Å². The number of hydrogen-bond donors (Lipinski definition) is 0. The molecule has 218 valence electrons. The summed E-state index contributed by atoms with van der Waals surface area (Å²) in [6.45, 7) is 0.646. The van der Waals surface area contributed by atoms with Crippen LogP contribution in [0, 0.1) is 46.3 Å². The first-order valence-electron chi connectivity index (χ1n) is 15.1. The highest BCUT2D eigenvalue weighted by Gasteiger charge is 2.68. The van der Waals surface area contributed by atoms with Crippen LogP contribution in [-0.2, 0) is 38.2 Å². The Hall–Kier alpha value is -2.78. The minimum absolute atomic E-state index is 0.141. The average molecular weight is 557 g/mol. The zero-order valence-corrected chi connectivity index (χ0v) is 23.5. The Morgan fingerprint density at radius 3 is 1.30 bits per heavy atom. The molecule has 2 heterocycles. The molecule has 10 nitrogen and oxygen atoms in total. The summed E-state index contributed by atoms with van der Waals surface area (Å²) in [5.74, 6) is -3.16. The first-order valence-corrected chi connectivity index (χ1v) is 15.1. The fourth-order valence-electron chi connectivity index (χ4n) is 9.67. The Labute approximate surface area is 234 Å². The van der Waals surface area contributed by atoms with Crippen LogP contribution in [-0.4, -0.2) is 72.7 Å². The second-order valence-corrected chi connectivity index (χ2v) is 13.0. The second kappa shape index (κ2) is 9.94. The van der Waals surface area contributed by atoms with Crippen molar-refractivity contribution >= 4 is 35.6 Å². The van der Waals surface area contributed by atoms with E-state index in [1.165, 1.54) is 24.0 Å². The number of esters is 2. The molecule has 2 aliphatic heterocycles. The molecule has 6 saturated carbocycles. The van der Waals surface area contributed by atoms with Crippen molar-refractivity contribution in [2.24, 2.45) is 46.3 Å². The number of imide groups is 2. The molecule has 2 saturated heterocycles. The van der Waals surface area contributed by atoms with Gasteiger partial charge in [-0.2, -0.15) is 0 Å². The van der Waals surface area contributed by atoms with Gasteiger partial charge in [-0.25, -0.2) is 0 Å². The highest BCUT2D eigenvalue weighted by molar-refractivity contribution is 6.09. The van der Waals surface area contributed by atoms with Crippen LogP contribution in [0.4, 0.5) is 0 Å². The van der Waals surface area contributed by atoms with Gasteiger partial charge in [-0.15, -0.1) is 0 Å². The van der Waals surface area contributed by atoms with Gasteiger partial charge in [0.2, 0.25) is 23.6 Å². The average Bonchev–Trinajstić information content (AvgIpc) is 3.42. The van der Waals surface area contributed by atoms with Crippen LogP contribution in [0.15, 0.2) is 0 Å². The Bertz CT molecular complexity index is 1040. The summed E-state index contributed by atoms with van der Waals surface area (Å²) in [7, 11) is 2.70. The number of ether oxygens (including phenoxy) is 2. The van der Waals surface area contributed by atoms with Crippen LogP contribution < -0.4 is 0 Å². The summed E-state index contributed by atoms with van der Waals surface area (Å²) < 4.78 is 10.2. The lowest BCUT2D eigenvalue weighted by atomic mass is 9.51. The summed E-state index contributed by atoms with van der Waals surface area (Å²) in [6, 6.07) is 0. The van der Waals surface area contributed by atoms with Gasteiger partial charge in [-0.1, -0.05) is 12.8 Å². The lowest BCUT2D eigenvalue weighted by Gasteiger charge is -2.49. The topological polar surface area (TPSA) is 127 Å². The minimum Gasteiger partial charge on any atom is -0.469 e. The van der Waals surface area contributed by atoms with Gasteiger partial charge in [0.25, 0.3) is 0 Å². The molecule has 0 spiro atoms. The molecule has 4 bridgehead atoms. The molecule has 0 aromatic carbocycles. The van der Waals surface area contributed by atoms with E-state index in [2.05, 4.69) is 0 Å². The van der Waals surface area contributed by atoms with Gasteiger partial charge < -0.3 is 9.47 Å². The number of likely N-dealkylation sites (tertiary alicyclic amines) is 2. The van der Waals surface area contributed by atoms with Gasteiger partial charge in [-0.3, -0.25) is 38.6 Å². The smallest absolute Gasteiger partial charge is 0.312 e. The van der Waals surface area contributed by atoms with Gasteiger partial charge in [0.1, 0.15) is 0 Å². The predicted molar refractivity (Wildman–Crippen MR) is 139 cm³/mol. The molecule has 8 fully saturated rings. The number of rotatable bonds is 9. The van der Waals surface area contributed by atoms with E-state index >= 15 is 0 Å². The molecular weight excluding hydrogens is 516 g/mol. The number of fused-ring (bicyclic) bond motifs is 4. The summed E-state index contributed by atoms with van der Waals surface area (Å²) in [5, 5.41) is 0. The number of methoxy groups -OCH3 is 2. The Morgan fingerprint density at radius 1 is 0.625 bits per heavy atom. The second-order valence-electron chi connectivity index (χ2n) is 13.0. The van der Waals surface area contributed by atoms with Crippen molar-refractivity contribution in [2.45, 2.75) is 77.0 Å². The number of carbonyl (C=O) groups excluding carboxylic acids is 6. The van der Waals surface area contributed by atoms with Gasteiger partial charge in [-0.05, 0) is 76.0 Å². The van der Waals surface area contributed by atoms with E-state index in [1.54, 1.807) is 0 Å². The fourth-order valence-corrected chi connectivity index (χ4v) is 9.67. The largest absolute Gasteiger partial charge is 0.469 e. The van der Waals surface area contributed by atoms with E-state index in [9.17, 15) is 28.8 Å². The Morgan fingerprint density at radius 2 is 0.975 bits per heavy atom. The molecule has 0 unspecified atom stereocenters. The molecule has 8 aliphatic rings. The highest BCUT2D eigenvalue weighted by Crippen LogP contribution is 2.61. The number of carbonyl (C=O) groups is 6. The van der Waals surface area contributed by atoms with Crippen molar-refractivity contribution in [3.8, 4) is 0 Å². The van der Waals surface area contributed by atoms with Gasteiger partial charge in [0, 0.05) is 13.1 Å². The monoisotopic (exact) mass is 556 g/mol. The minimum atomic E-state index is -0.867. The standard InChI is InChI=1S/C30H40N2O8/c1-39-27(37)29-11-7-17(8-12-29)19-21(29)25(35)31(23(19)33)15-5-3-4-6-16-32-24(34)20-18-9-13-30(14-10-18,28(38)40-2)22(20)26(32)36/h17-22H,3-16H2,1-2H3/t17?,18?,19-,20-,21+,22+,29?,30?/m0/s1. The third-order valence-electron chi connectivity index (χ3n) is 11.6. The number of amides is 4. The predicted octanol–water partition coefficient (Wildman–Crippen LogP) is 2.48. The lowest BCUT2D eigenvalue weighted by Crippen LogP contribution is -2.54. The summed E-state index contributed by atoms with van der Waals surface area (Å²) >= 11 is 0. The maximum Gasteiger partial charge on any atom is 0.312 e. The molecule has 10 heteroatoms. The molecule has 4 atom stereocenters. The fraction of sp³-hybridized carbons (Fsp3) is 0.800. The zero-order chi connectivity index (χ0) is 28.4. The third kappa shape index (κ3) is 3.66. The molecule has 6 aliphatic carbocycles.